The molecule has 2 aromatic carbocycles. The van der Waals surface area contributed by atoms with Crippen LogP contribution in [-0.2, 0) is 0 Å². The lowest BCUT2D eigenvalue weighted by Gasteiger charge is -2.44. The second-order valence-electron chi connectivity index (χ2n) is 7.90. The van der Waals surface area contributed by atoms with Gasteiger partial charge in [0.25, 0.3) is 11.8 Å². The lowest BCUT2D eigenvalue weighted by atomic mass is 9.84. The van der Waals surface area contributed by atoms with Crippen LogP contribution in [0.15, 0.2) is 54.6 Å². The van der Waals surface area contributed by atoms with E-state index in [0.29, 0.717) is 11.5 Å². The van der Waals surface area contributed by atoms with Crippen molar-refractivity contribution in [3.05, 3.63) is 65.0 Å². The quantitative estimate of drug-likeness (QED) is 0.690. The standard InChI is InChI=1S/C23H23N3O2S/c27-22(16-4-2-1-3-5-16)24-18-7-6-17-12-21(29-20(17)13-18)23(28)25-19-14-26-10-8-15(19)9-11-26/h1-7,12-13,15,19H,8-11,14H2,(H,24,27)(H,25,28)/t19-/m0/s1. The van der Waals surface area contributed by atoms with Crippen molar-refractivity contribution in [1.82, 2.24) is 10.2 Å². The highest BCUT2D eigenvalue weighted by atomic mass is 32.1. The molecule has 0 saturated carbocycles. The zero-order valence-corrected chi connectivity index (χ0v) is 16.9. The van der Waals surface area contributed by atoms with Crippen molar-refractivity contribution >= 4 is 38.9 Å². The van der Waals surface area contributed by atoms with E-state index in [4.69, 9.17) is 0 Å². The molecule has 148 valence electrons. The average Bonchev–Trinajstić information content (AvgIpc) is 3.19. The Labute approximate surface area is 173 Å². The number of nitrogens with one attached hydrogen (secondary N) is 2. The fourth-order valence-corrected chi connectivity index (χ4v) is 5.39. The van der Waals surface area contributed by atoms with Gasteiger partial charge in [-0.05, 0) is 67.6 Å². The Morgan fingerprint density at radius 3 is 2.48 bits per heavy atom. The summed E-state index contributed by atoms with van der Waals surface area (Å²) >= 11 is 1.47. The number of anilines is 1. The van der Waals surface area contributed by atoms with Gasteiger partial charge in [-0.1, -0.05) is 24.3 Å². The minimum atomic E-state index is -0.137. The molecule has 2 bridgehead atoms. The highest BCUT2D eigenvalue weighted by molar-refractivity contribution is 7.20. The van der Waals surface area contributed by atoms with E-state index < -0.39 is 0 Å². The molecule has 3 aliphatic heterocycles. The van der Waals surface area contributed by atoms with Gasteiger partial charge in [0, 0.05) is 28.5 Å². The molecule has 2 N–H and O–H groups in total. The highest BCUT2D eigenvalue weighted by Gasteiger charge is 2.35. The fourth-order valence-electron chi connectivity index (χ4n) is 4.38. The van der Waals surface area contributed by atoms with Crippen LogP contribution in [0.25, 0.3) is 10.1 Å². The van der Waals surface area contributed by atoms with E-state index in [-0.39, 0.29) is 17.9 Å². The third kappa shape index (κ3) is 3.78. The molecule has 3 aliphatic rings. The van der Waals surface area contributed by atoms with E-state index in [1.807, 2.05) is 42.5 Å². The van der Waals surface area contributed by atoms with Crippen LogP contribution in [0.1, 0.15) is 32.9 Å². The van der Waals surface area contributed by atoms with Gasteiger partial charge in [-0.25, -0.2) is 0 Å². The van der Waals surface area contributed by atoms with Gasteiger partial charge in [0.1, 0.15) is 0 Å². The molecule has 1 atom stereocenters. The minimum absolute atomic E-state index is 0.0137. The first-order valence-electron chi connectivity index (χ1n) is 10.1. The van der Waals surface area contributed by atoms with E-state index in [9.17, 15) is 9.59 Å². The zero-order chi connectivity index (χ0) is 19.8. The van der Waals surface area contributed by atoms with Crippen LogP contribution >= 0.6 is 11.3 Å². The maximum absolute atomic E-state index is 12.8. The number of nitrogens with zero attached hydrogens (tertiary/aromatic N) is 1. The second kappa shape index (κ2) is 7.61. The van der Waals surface area contributed by atoms with Crippen molar-refractivity contribution in [2.45, 2.75) is 18.9 Å². The van der Waals surface area contributed by atoms with Gasteiger partial charge < -0.3 is 15.5 Å². The van der Waals surface area contributed by atoms with Crippen LogP contribution < -0.4 is 10.6 Å². The second-order valence-corrected chi connectivity index (χ2v) is 8.99. The largest absolute Gasteiger partial charge is 0.347 e. The van der Waals surface area contributed by atoms with Crippen molar-refractivity contribution < 1.29 is 9.59 Å². The number of benzene rings is 2. The summed E-state index contributed by atoms with van der Waals surface area (Å²) < 4.78 is 0.995. The topological polar surface area (TPSA) is 61.4 Å². The number of hydrogen-bond donors (Lipinski definition) is 2. The van der Waals surface area contributed by atoms with Crippen molar-refractivity contribution in [3.63, 3.8) is 0 Å². The molecule has 1 aromatic heterocycles. The molecule has 6 rings (SSSR count). The first-order valence-corrected chi connectivity index (χ1v) is 10.9. The number of amides is 2. The minimum Gasteiger partial charge on any atom is -0.347 e. The molecule has 4 heterocycles. The molecule has 0 spiro atoms. The van der Waals surface area contributed by atoms with Gasteiger partial charge in [-0.3, -0.25) is 9.59 Å². The van der Waals surface area contributed by atoms with Gasteiger partial charge in [0.05, 0.1) is 4.88 Å². The highest BCUT2D eigenvalue weighted by Crippen LogP contribution is 2.30. The zero-order valence-electron chi connectivity index (χ0n) is 16.1. The molecule has 5 nitrogen and oxygen atoms in total. The van der Waals surface area contributed by atoms with Crippen LogP contribution in [0.3, 0.4) is 0 Å². The summed E-state index contributed by atoms with van der Waals surface area (Å²) in [4.78, 5) is 28.4. The summed E-state index contributed by atoms with van der Waals surface area (Å²) in [5, 5.41) is 7.21. The number of piperidine rings is 3. The van der Waals surface area contributed by atoms with Gasteiger partial charge >= 0.3 is 0 Å². The van der Waals surface area contributed by atoms with E-state index in [1.165, 1.54) is 24.2 Å². The van der Waals surface area contributed by atoms with Gasteiger partial charge in [0.2, 0.25) is 0 Å². The van der Waals surface area contributed by atoms with Crippen molar-refractivity contribution in [1.29, 1.82) is 0 Å². The summed E-state index contributed by atoms with van der Waals surface area (Å²) in [5.74, 6) is 0.486. The van der Waals surface area contributed by atoms with Crippen LogP contribution in [0.5, 0.6) is 0 Å². The van der Waals surface area contributed by atoms with Gasteiger partial charge in [-0.2, -0.15) is 0 Å². The lowest BCUT2D eigenvalue weighted by Crippen LogP contribution is -2.57. The molecule has 29 heavy (non-hydrogen) atoms. The third-order valence-corrected chi connectivity index (χ3v) is 7.11. The molecule has 0 radical (unpaired) electrons. The van der Waals surface area contributed by atoms with Gasteiger partial charge in [-0.15, -0.1) is 11.3 Å². The molecular formula is C23H23N3O2S. The number of hydrogen-bond acceptors (Lipinski definition) is 4. The lowest BCUT2D eigenvalue weighted by molar-refractivity contribution is 0.0622. The first-order chi connectivity index (χ1) is 14.2. The summed E-state index contributed by atoms with van der Waals surface area (Å²) in [7, 11) is 0. The molecular weight excluding hydrogens is 382 g/mol. The Kier molecular flexibility index (Phi) is 4.81. The summed E-state index contributed by atoms with van der Waals surface area (Å²) in [6, 6.07) is 17.1. The van der Waals surface area contributed by atoms with Crippen molar-refractivity contribution in [2.75, 3.05) is 25.0 Å². The Bertz CT molecular complexity index is 1050. The molecule has 2 amide bonds. The monoisotopic (exact) mass is 405 g/mol. The van der Waals surface area contributed by atoms with Crippen LogP contribution in [0.4, 0.5) is 5.69 Å². The summed E-state index contributed by atoms with van der Waals surface area (Å²) in [6.45, 7) is 3.30. The van der Waals surface area contributed by atoms with Crippen molar-refractivity contribution in [3.8, 4) is 0 Å². The Hall–Kier alpha value is -2.70. The molecule has 3 aromatic rings. The third-order valence-electron chi connectivity index (χ3n) is 6.01. The number of rotatable bonds is 4. The van der Waals surface area contributed by atoms with Crippen LogP contribution in [-0.4, -0.2) is 42.4 Å². The predicted molar refractivity (Wildman–Crippen MR) is 117 cm³/mol. The molecule has 3 saturated heterocycles. The average molecular weight is 406 g/mol. The normalized spacial score (nSPS) is 23.1. The molecule has 6 heteroatoms. The number of thiophene rings is 1. The molecule has 0 aliphatic carbocycles. The predicted octanol–water partition coefficient (Wildman–Crippen LogP) is 3.98. The van der Waals surface area contributed by atoms with Crippen LogP contribution in [0, 0.1) is 5.92 Å². The smallest absolute Gasteiger partial charge is 0.261 e. The van der Waals surface area contributed by atoms with E-state index >= 15 is 0 Å². The first kappa shape index (κ1) is 18.3. The number of carbonyl (C=O) groups excluding carboxylic acids is 2. The number of carbonyl (C=O) groups is 2. The van der Waals surface area contributed by atoms with E-state index in [2.05, 4.69) is 15.5 Å². The Balaban J connectivity index is 1.30. The fraction of sp³-hybridized carbons (Fsp3) is 0.304. The summed E-state index contributed by atoms with van der Waals surface area (Å²) in [5.41, 5.74) is 1.36. The Morgan fingerprint density at radius 2 is 1.76 bits per heavy atom. The summed E-state index contributed by atoms with van der Waals surface area (Å²) in [6.07, 6.45) is 2.36. The van der Waals surface area contributed by atoms with Crippen molar-refractivity contribution in [2.24, 2.45) is 5.92 Å². The Morgan fingerprint density at radius 1 is 0.966 bits per heavy atom. The SMILES string of the molecule is O=C(Nc1ccc2cc(C(=O)N[C@H]3CN4CCC3CC4)sc2c1)c1ccccc1. The maximum Gasteiger partial charge on any atom is 0.261 e. The molecule has 3 fully saturated rings. The van der Waals surface area contributed by atoms with E-state index in [1.54, 1.807) is 12.1 Å². The van der Waals surface area contributed by atoms with E-state index in [0.717, 1.165) is 40.3 Å². The number of fused-ring (bicyclic) bond motifs is 4. The van der Waals surface area contributed by atoms with Gasteiger partial charge in [0.15, 0.2) is 0 Å². The maximum atomic E-state index is 12.8. The molecule has 0 unspecified atom stereocenters. The van der Waals surface area contributed by atoms with Crippen LogP contribution in [0.2, 0.25) is 0 Å².